The number of ether oxygens (including phenoxy) is 1. The Morgan fingerprint density at radius 2 is 2.29 bits per heavy atom. The molecular weight excluding hydrogens is 302 g/mol. The van der Waals surface area contributed by atoms with Gasteiger partial charge in [-0.25, -0.2) is 0 Å². The lowest BCUT2D eigenvalue weighted by Crippen LogP contribution is -2.43. The molecule has 0 amide bonds. The summed E-state index contributed by atoms with van der Waals surface area (Å²) in [5.41, 5.74) is 3.70. The molecule has 0 radical (unpaired) electrons. The molecule has 0 saturated carbocycles. The zero-order chi connectivity index (χ0) is 16.8. The van der Waals surface area contributed by atoms with Crippen molar-refractivity contribution in [2.24, 2.45) is 4.99 Å². The molecule has 0 unspecified atom stereocenters. The van der Waals surface area contributed by atoms with Crippen molar-refractivity contribution in [2.45, 2.75) is 13.0 Å². The highest BCUT2D eigenvalue weighted by Crippen LogP contribution is 2.25. The largest absolute Gasteiger partial charge is 0.497 e. The first-order valence-corrected chi connectivity index (χ1v) is 8.10. The third kappa shape index (κ3) is 3.79. The zero-order valence-corrected chi connectivity index (χ0v) is 14.2. The van der Waals surface area contributed by atoms with Gasteiger partial charge in [-0.2, -0.15) is 0 Å². The van der Waals surface area contributed by atoms with E-state index in [0.29, 0.717) is 6.54 Å². The van der Waals surface area contributed by atoms with E-state index in [1.54, 1.807) is 19.6 Å². The second kappa shape index (κ2) is 7.73. The van der Waals surface area contributed by atoms with Crippen LogP contribution in [0.3, 0.4) is 0 Å². The Morgan fingerprint density at radius 1 is 1.38 bits per heavy atom. The number of guanidine groups is 1. The molecule has 5 nitrogen and oxygen atoms in total. The van der Waals surface area contributed by atoms with Crippen molar-refractivity contribution in [3.8, 4) is 5.75 Å². The van der Waals surface area contributed by atoms with Crippen LogP contribution in [0.2, 0.25) is 0 Å². The fourth-order valence-electron chi connectivity index (χ4n) is 2.85. The second-order valence-electron chi connectivity index (χ2n) is 5.69. The van der Waals surface area contributed by atoms with Crippen molar-refractivity contribution in [2.75, 3.05) is 27.2 Å². The predicted molar refractivity (Wildman–Crippen MR) is 96.1 cm³/mol. The summed E-state index contributed by atoms with van der Waals surface area (Å²) in [4.78, 5) is 6.64. The maximum absolute atomic E-state index is 5.32. The maximum atomic E-state index is 5.32. The number of nitrogens with zero attached hydrogens (tertiary/aromatic N) is 2. The van der Waals surface area contributed by atoms with Gasteiger partial charge in [0.1, 0.15) is 5.75 Å². The van der Waals surface area contributed by atoms with Gasteiger partial charge < -0.3 is 19.4 Å². The van der Waals surface area contributed by atoms with Crippen LogP contribution in [0, 0.1) is 0 Å². The molecule has 1 aliphatic rings. The number of aliphatic imine (C=N–C) groups is 1. The molecule has 1 aliphatic heterocycles. The molecule has 0 spiro atoms. The number of nitrogens with one attached hydrogen (secondary N) is 1. The van der Waals surface area contributed by atoms with Gasteiger partial charge in [0.2, 0.25) is 0 Å². The molecule has 0 atom stereocenters. The molecule has 24 heavy (non-hydrogen) atoms. The molecule has 0 bridgehead atoms. The smallest absolute Gasteiger partial charge is 0.194 e. The molecule has 5 heteroatoms. The van der Waals surface area contributed by atoms with Crippen molar-refractivity contribution >= 4 is 11.5 Å². The summed E-state index contributed by atoms with van der Waals surface area (Å²) >= 11 is 0. The molecule has 0 aliphatic carbocycles. The van der Waals surface area contributed by atoms with Crippen molar-refractivity contribution in [3.05, 3.63) is 60.1 Å². The Labute approximate surface area is 142 Å². The highest BCUT2D eigenvalue weighted by atomic mass is 16.5. The molecule has 3 rings (SSSR count). The maximum Gasteiger partial charge on any atom is 0.194 e. The molecule has 0 saturated heterocycles. The average Bonchev–Trinajstić information content (AvgIpc) is 3.16. The van der Waals surface area contributed by atoms with Gasteiger partial charge in [0.15, 0.2) is 5.96 Å². The first kappa shape index (κ1) is 16.2. The lowest BCUT2D eigenvalue weighted by molar-refractivity contribution is 0.414. The Balaban J connectivity index is 1.62. The van der Waals surface area contributed by atoms with E-state index >= 15 is 0 Å². The van der Waals surface area contributed by atoms with Crippen molar-refractivity contribution in [1.82, 2.24) is 10.2 Å². The Kier molecular flexibility index (Phi) is 5.21. The SMILES string of the molecule is CN=C(NCc1ccoc1)N1CC=C(c2cccc(OC)c2)CC1. The van der Waals surface area contributed by atoms with Crippen LogP contribution in [0.1, 0.15) is 17.5 Å². The van der Waals surface area contributed by atoms with E-state index in [9.17, 15) is 0 Å². The van der Waals surface area contributed by atoms with Crippen LogP contribution in [0.4, 0.5) is 0 Å². The summed E-state index contributed by atoms with van der Waals surface area (Å²) < 4.78 is 10.4. The van der Waals surface area contributed by atoms with Gasteiger partial charge in [-0.05, 0) is 35.8 Å². The van der Waals surface area contributed by atoms with Gasteiger partial charge in [0, 0.05) is 32.2 Å². The summed E-state index contributed by atoms with van der Waals surface area (Å²) in [6.45, 7) is 2.50. The number of furan rings is 1. The van der Waals surface area contributed by atoms with Crippen molar-refractivity contribution in [3.63, 3.8) is 0 Å². The average molecular weight is 325 g/mol. The molecule has 1 aromatic heterocycles. The predicted octanol–water partition coefficient (Wildman–Crippen LogP) is 3.15. The van der Waals surface area contributed by atoms with Gasteiger partial charge >= 0.3 is 0 Å². The Morgan fingerprint density at radius 3 is 2.96 bits per heavy atom. The first-order chi connectivity index (χ1) is 11.8. The number of methoxy groups -OCH3 is 1. The van der Waals surface area contributed by atoms with E-state index in [4.69, 9.17) is 9.15 Å². The number of hydrogen-bond donors (Lipinski definition) is 1. The van der Waals surface area contributed by atoms with Crippen LogP contribution in [0.25, 0.3) is 5.57 Å². The van der Waals surface area contributed by atoms with Gasteiger partial charge in [0.05, 0.1) is 19.6 Å². The lowest BCUT2D eigenvalue weighted by atomic mass is 9.99. The number of benzene rings is 1. The molecule has 126 valence electrons. The third-order valence-electron chi connectivity index (χ3n) is 4.19. The monoisotopic (exact) mass is 325 g/mol. The van der Waals surface area contributed by atoms with E-state index in [2.05, 4.69) is 33.4 Å². The second-order valence-corrected chi connectivity index (χ2v) is 5.69. The lowest BCUT2D eigenvalue weighted by Gasteiger charge is -2.29. The minimum absolute atomic E-state index is 0.714. The highest BCUT2D eigenvalue weighted by Gasteiger charge is 2.16. The first-order valence-electron chi connectivity index (χ1n) is 8.10. The van der Waals surface area contributed by atoms with Crippen LogP contribution >= 0.6 is 0 Å². The minimum atomic E-state index is 0.714. The third-order valence-corrected chi connectivity index (χ3v) is 4.19. The van der Waals surface area contributed by atoms with Crippen LogP contribution in [-0.2, 0) is 6.54 Å². The van der Waals surface area contributed by atoms with Gasteiger partial charge in [0.25, 0.3) is 0 Å². The summed E-state index contributed by atoms with van der Waals surface area (Å²) in [5, 5.41) is 3.38. The van der Waals surface area contributed by atoms with Gasteiger partial charge in [-0.15, -0.1) is 0 Å². The van der Waals surface area contributed by atoms with Crippen LogP contribution in [-0.4, -0.2) is 38.1 Å². The molecule has 1 aromatic carbocycles. The van der Waals surface area contributed by atoms with Crippen molar-refractivity contribution in [1.29, 1.82) is 0 Å². The summed E-state index contributed by atoms with van der Waals surface area (Å²) in [6.07, 6.45) is 6.68. The van der Waals surface area contributed by atoms with Crippen LogP contribution < -0.4 is 10.1 Å². The standard InChI is InChI=1S/C19H23N3O2/c1-20-19(21-13-15-8-11-24-14-15)22-9-6-16(7-10-22)17-4-3-5-18(12-17)23-2/h3-6,8,11-12,14H,7,9-10,13H2,1-2H3,(H,20,21). The summed E-state index contributed by atoms with van der Waals surface area (Å²) in [5.74, 6) is 1.81. The van der Waals surface area contributed by atoms with Gasteiger partial charge in [-0.1, -0.05) is 18.2 Å². The van der Waals surface area contributed by atoms with E-state index in [0.717, 1.165) is 36.8 Å². The fourth-order valence-corrected chi connectivity index (χ4v) is 2.85. The Hall–Kier alpha value is -2.69. The van der Waals surface area contributed by atoms with Crippen LogP contribution in [0.15, 0.2) is 58.3 Å². The zero-order valence-electron chi connectivity index (χ0n) is 14.2. The summed E-state index contributed by atoms with van der Waals surface area (Å²) in [6, 6.07) is 10.2. The Bertz CT molecular complexity index is 720. The van der Waals surface area contributed by atoms with E-state index in [1.807, 2.05) is 25.2 Å². The summed E-state index contributed by atoms with van der Waals surface area (Å²) in [7, 11) is 3.52. The number of hydrogen-bond acceptors (Lipinski definition) is 3. The molecule has 1 N–H and O–H groups in total. The van der Waals surface area contributed by atoms with Gasteiger partial charge in [-0.3, -0.25) is 4.99 Å². The number of rotatable bonds is 4. The van der Waals surface area contributed by atoms with E-state index in [1.165, 1.54) is 11.1 Å². The van der Waals surface area contributed by atoms with E-state index in [-0.39, 0.29) is 0 Å². The normalized spacial score (nSPS) is 15.2. The van der Waals surface area contributed by atoms with Crippen LogP contribution in [0.5, 0.6) is 5.75 Å². The minimum Gasteiger partial charge on any atom is -0.497 e. The topological polar surface area (TPSA) is 50.0 Å². The van der Waals surface area contributed by atoms with E-state index < -0.39 is 0 Å². The van der Waals surface area contributed by atoms with Crippen molar-refractivity contribution < 1.29 is 9.15 Å². The molecule has 0 fully saturated rings. The molecular formula is C19H23N3O2. The molecule has 2 heterocycles. The highest BCUT2D eigenvalue weighted by molar-refractivity contribution is 5.81. The fraction of sp³-hybridized carbons (Fsp3) is 0.316. The quantitative estimate of drug-likeness (QED) is 0.693. The molecule has 2 aromatic rings.